The number of amides is 2. The van der Waals surface area contributed by atoms with Crippen LogP contribution in [0.15, 0.2) is 6.33 Å². The molecule has 20 heavy (non-hydrogen) atoms. The maximum absolute atomic E-state index is 11.7. The summed E-state index contributed by atoms with van der Waals surface area (Å²) in [7, 11) is 1.79. The van der Waals surface area contributed by atoms with Gasteiger partial charge in [0.25, 0.3) is 0 Å². The highest BCUT2D eigenvalue weighted by Gasteiger charge is 2.19. The molecule has 0 aliphatic heterocycles. The Hall–Kier alpha value is -1.96. The summed E-state index contributed by atoms with van der Waals surface area (Å²) in [5.41, 5.74) is 5.68. The number of nitrogens with zero attached hydrogens (tertiary/aromatic N) is 3. The maximum Gasteiger partial charge on any atom is 0.239 e. The number of nitrogens with one attached hydrogen (secondary N) is 2. The smallest absolute Gasteiger partial charge is 0.239 e. The Balaban J connectivity index is 2.41. The molecular weight excluding hydrogens is 260 g/mol. The van der Waals surface area contributed by atoms with E-state index in [0.29, 0.717) is 5.82 Å². The van der Waals surface area contributed by atoms with E-state index in [1.54, 1.807) is 24.9 Å². The molecule has 2 atom stereocenters. The molecule has 1 heterocycles. The molecule has 0 aromatic carbocycles. The van der Waals surface area contributed by atoms with Crippen molar-refractivity contribution >= 4 is 11.8 Å². The third-order valence-corrected chi connectivity index (χ3v) is 2.96. The second kappa shape index (κ2) is 6.99. The normalized spacial score (nSPS) is 13.9. The van der Waals surface area contributed by atoms with E-state index >= 15 is 0 Å². The van der Waals surface area contributed by atoms with Gasteiger partial charge in [-0.25, -0.2) is 0 Å². The second-order valence-corrected chi connectivity index (χ2v) is 5.08. The van der Waals surface area contributed by atoms with Gasteiger partial charge in [0.1, 0.15) is 6.33 Å². The fourth-order valence-electron chi connectivity index (χ4n) is 1.63. The highest BCUT2D eigenvalue weighted by Crippen LogP contribution is 2.06. The molecular formula is C12H22N6O2. The molecule has 0 spiro atoms. The average molecular weight is 282 g/mol. The number of carbonyl (C=O) groups excluding carboxylic acids is 2. The van der Waals surface area contributed by atoms with Crippen molar-refractivity contribution in [1.29, 1.82) is 0 Å². The van der Waals surface area contributed by atoms with Crippen LogP contribution in [0.3, 0.4) is 0 Å². The number of aryl methyl sites for hydroxylation is 1. The van der Waals surface area contributed by atoms with Crippen LogP contribution < -0.4 is 16.4 Å². The monoisotopic (exact) mass is 282 g/mol. The average Bonchev–Trinajstić information content (AvgIpc) is 2.81. The lowest BCUT2D eigenvalue weighted by Crippen LogP contribution is -2.47. The fraction of sp³-hybridized carbons (Fsp3) is 0.667. The van der Waals surface area contributed by atoms with Crippen LogP contribution in [-0.4, -0.2) is 39.2 Å². The van der Waals surface area contributed by atoms with Crippen molar-refractivity contribution < 1.29 is 9.59 Å². The van der Waals surface area contributed by atoms with Crippen molar-refractivity contribution in [1.82, 2.24) is 25.4 Å². The Morgan fingerprint density at radius 1 is 1.40 bits per heavy atom. The summed E-state index contributed by atoms with van der Waals surface area (Å²) >= 11 is 0. The van der Waals surface area contributed by atoms with Gasteiger partial charge in [0.2, 0.25) is 11.8 Å². The Labute approximate surface area is 118 Å². The zero-order valence-electron chi connectivity index (χ0n) is 12.3. The van der Waals surface area contributed by atoms with Gasteiger partial charge in [0, 0.05) is 7.05 Å². The van der Waals surface area contributed by atoms with E-state index in [1.807, 2.05) is 13.8 Å². The number of aromatic nitrogens is 3. The Morgan fingerprint density at radius 3 is 2.55 bits per heavy atom. The van der Waals surface area contributed by atoms with Gasteiger partial charge < -0.3 is 20.9 Å². The van der Waals surface area contributed by atoms with Crippen molar-refractivity contribution in [3.05, 3.63) is 12.2 Å². The summed E-state index contributed by atoms with van der Waals surface area (Å²) in [6, 6.07) is -0.898. The SMILES string of the molecule is CC(NC(=O)CNC(=O)[C@@H](N)C(C)C)c1nncn1C. The molecule has 4 N–H and O–H groups in total. The first-order valence-electron chi connectivity index (χ1n) is 6.49. The van der Waals surface area contributed by atoms with Crippen molar-refractivity contribution in [3.63, 3.8) is 0 Å². The third kappa shape index (κ3) is 4.30. The second-order valence-electron chi connectivity index (χ2n) is 5.08. The summed E-state index contributed by atoms with van der Waals surface area (Å²) in [5.74, 6) is 0.0328. The van der Waals surface area contributed by atoms with Gasteiger partial charge in [-0.1, -0.05) is 13.8 Å². The number of hydrogen-bond acceptors (Lipinski definition) is 5. The van der Waals surface area contributed by atoms with E-state index in [9.17, 15) is 9.59 Å². The van der Waals surface area contributed by atoms with Crippen LogP contribution in [-0.2, 0) is 16.6 Å². The van der Waals surface area contributed by atoms with Gasteiger partial charge in [-0.3, -0.25) is 9.59 Å². The number of rotatable bonds is 6. The van der Waals surface area contributed by atoms with Gasteiger partial charge in [-0.2, -0.15) is 0 Å². The molecule has 2 amide bonds. The quantitative estimate of drug-likeness (QED) is 0.625. The summed E-state index contributed by atoms with van der Waals surface area (Å²) < 4.78 is 1.72. The highest BCUT2D eigenvalue weighted by molar-refractivity contribution is 5.87. The minimum atomic E-state index is -0.612. The van der Waals surface area contributed by atoms with E-state index in [1.165, 1.54) is 0 Å². The van der Waals surface area contributed by atoms with E-state index in [4.69, 9.17) is 5.73 Å². The van der Waals surface area contributed by atoms with Gasteiger partial charge >= 0.3 is 0 Å². The van der Waals surface area contributed by atoms with Gasteiger partial charge in [0.05, 0.1) is 18.6 Å². The van der Waals surface area contributed by atoms with E-state index in [-0.39, 0.29) is 30.3 Å². The summed E-state index contributed by atoms with van der Waals surface area (Å²) in [4.78, 5) is 23.3. The Bertz CT molecular complexity index is 470. The van der Waals surface area contributed by atoms with Crippen LogP contribution in [0.5, 0.6) is 0 Å². The van der Waals surface area contributed by atoms with Crippen molar-refractivity contribution in [3.8, 4) is 0 Å². The lowest BCUT2D eigenvalue weighted by atomic mass is 10.1. The standard InChI is InChI=1S/C12H22N6O2/c1-7(2)10(13)12(20)14-5-9(19)16-8(3)11-17-15-6-18(11)4/h6-8,10H,5,13H2,1-4H3,(H,14,20)(H,16,19)/t8?,10-/m0/s1. The molecule has 0 radical (unpaired) electrons. The number of nitrogens with two attached hydrogens (primary N) is 1. The molecule has 0 fully saturated rings. The molecule has 1 aromatic rings. The van der Waals surface area contributed by atoms with E-state index in [2.05, 4.69) is 20.8 Å². The zero-order chi connectivity index (χ0) is 15.3. The van der Waals surface area contributed by atoms with Crippen LogP contribution in [0, 0.1) is 5.92 Å². The largest absolute Gasteiger partial charge is 0.346 e. The minimum Gasteiger partial charge on any atom is -0.346 e. The molecule has 0 aliphatic rings. The van der Waals surface area contributed by atoms with Gasteiger partial charge in [-0.15, -0.1) is 10.2 Å². The van der Waals surface area contributed by atoms with Gasteiger partial charge in [0.15, 0.2) is 5.82 Å². The highest BCUT2D eigenvalue weighted by atomic mass is 16.2. The number of hydrogen-bond donors (Lipinski definition) is 3. The zero-order valence-corrected chi connectivity index (χ0v) is 12.3. The molecule has 0 saturated heterocycles. The molecule has 0 bridgehead atoms. The topological polar surface area (TPSA) is 115 Å². The lowest BCUT2D eigenvalue weighted by molar-refractivity contribution is -0.127. The van der Waals surface area contributed by atoms with Gasteiger partial charge in [-0.05, 0) is 12.8 Å². The van der Waals surface area contributed by atoms with Crippen LogP contribution in [0.25, 0.3) is 0 Å². The molecule has 1 aromatic heterocycles. The maximum atomic E-state index is 11.7. The Morgan fingerprint density at radius 2 is 2.05 bits per heavy atom. The molecule has 0 aliphatic carbocycles. The first-order valence-corrected chi connectivity index (χ1v) is 6.49. The van der Waals surface area contributed by atoms with Crippen LogP contribution >= 0.6 is 0 Å². The molecule has 112 valence electrons. The predicted octanol–water partition coefficient (Wildman–Crippen LogP) is -0.908. The van der Waals surface area contributed by atoms with Crippen LogP contribution in [0.1, 0.15) is 32.6 Å². The van der Waals surface area contributed by atoms with Crippen molar-refractivity contribution in [2.24, 2.45) is 18.7 Å². The molecule has 0 saturated carbocycles. The summed E-state index contributed by atoms with van der Waals surface area (Å²) in [6.07, 6.45) is 1.56. The summed E-state index contributed by atoms with van der Waals surface area (Å²) in [5, 5.41) is 12.9. The molecule has 1 unspecified atom stereocenters. The Kier molecular flexibility index (Phi) is 5.63. The van der Waals surface area contributed by atoms with E-state index < -0.39 is 6.04 Å². The van der Waals surface area contributed by atoms with Crippen molar-refractivity contribution in [2.45, 2.75) is 32.9 Å². The van der Waals surface area contributed by atoms with E-state index in [0.717, 1.165) is 0 Å². The lowest BCUT2D eigenvalue weighted by Gasteiger charge is -2.16. The summed E-state index contributed by atoms with van der Waals surface area (Å²) in [6.45, 7) is 5.38. The molecule has 8 nitrogen and oxygen atoms in total. The first-order chi connectivity index (χ1) is 9.32. The molecule has 8 heteroatoms. The number of carbonyl (C=O) groups is 2. The third-order valence-electron chi connectivity index (χ3n) is 2.96. The predicted molar refractivity (Wildman–Crippen MR) is 73.4 cm³/mol. The first kappa shape index (κ1) is 16.1. The van der Waals surface area contributed by atoms with Crippen molar-refractivity contribution in [2.75, 3.05) is 6.54 Å². The fourth-order valence-corrected chi connectivity index (χ4v) is 1.63. The van der Waals surface area contributed by atoms with Crippen LogP contribution in [0.4, 0.5) is 0 Å². The molecule has 1 rings (SSSR count). The minimum absolute atomic E-state index is 0.0237. The van der Waals surface area contributed by atoms with Crippen LogP contribution in [0.2, 0.25) is 0 Å².